The third-order valence-corrected chi connectivity index (χ3v) is 3.39. The first-order valence-electron chi connectivity index (χ1n) is 7.03. The minimum Gasteiger partial charge on any atom is -0.468 e. The van der Waals surface area contributed by atoms with E-state index in [1.807, 2.05) is 45.9 Å². The third kappa shape index (κ3) is 5.19. The van der Waals surface area contributed by atoms with Gasteiger partial charge in [-0.1, -0.05) is 19.9 Å². The van der Waals surface area contributed by atoms with Crippen LogP contribution in [0.4, 0.5) is 5.69 Å². The SMILES string of the molecule is COC(=O)C(NCC(=O)Nc1ccc(C)c(C)c1)C(C)C. The molecule has 1 unspecified atom stereocenters. The molecule has 1 aromatic carbocycles. The quantitative estimate of drug-likeness (QED) is 0.787. The predicted octanol–water partition coefficient (Wildman–Crippen LogP) is 2.03. The van der Waals surface area contributed by atoms with Crippen LogP contribution in [-0.4, -0.2) is 31.6 Å². The number of methoxy groups -OCH3 is 1. The molecule has 2 N–H and O–H groups in total. The first kappa shape index (κ1) is 17.2. The van der Waals surface area contributed by atoms with Gasteiger partial charge in [0, 0.05) is 5.69 Å². The normalized spacial score (nSPS) is 12.1. The molecule has 0 heterocycles. The monoisotopic (exact) mass is 292 g/mol. The molecule has 5 heteroatoms. The topological polar surface area (TPSA) is 67.4 Å². The van der Waals surface area contributed by atoms with E-state index in [4.69, 9.17) is 4.74 Å². The molecule has 21 heavy (non-hydrogen) atoms. The summed E-state index contributed by atoms with van der Waals surface area (Å²) in [6, 6.07) is 5.26. The summed E-state index contributed by atoms with van der Waals surface area (Å²) in [4.78, 5) is 23.5. The summed E-state index contributed by atoms with van der Waals surface area (Å²) in [6.07, 6.45) is 0. The van der Waals surface area contributed by atoms with Gasteiger partial charge in [0.05, 0.1) is 13.7 Å². The van der Waals surface area contributed by atoms with Crippen molar-refractivity contribution in [1.82, 2.24) is 5.32 Å². The number of aryl methyl sites for hydroxylation is 2. The van der Waals surface area contributed by atoms with Crippen LogP contribution in [0.2, 0.25) is 0 Å². The summed E-state index contributed by atoms with van der Waals surface area (Å²) in [5.74, 6) is -0.497. The fourth-order valence-electron chi connectivity index (χ4n) is 1.95. The molecule has 0 aliphatic rings. The molecule has 116 valence electrons. The van der Waals surface area contributed by atoms with Gasteiger partial charge in [-0.2, -0.15) is 0 Å². The smallest absolute Gasteiger partial charge is 0.323 e. The van der Waals surface area contributed by atoms with E-state index in [0.717, 1.165) is 11.3 Å². The van der Waals surface area contributed by atoms with E-state index in [9.17, 15) is 9.59 Å². The van der Waals surface area contributed by atoms with Crippen LogP contribution in [0.15, 0.2) is 18.2 Å². The van der Waals surface area contributed by atoms with Crippen LogP contribution in [-0.2, 0) is 14.3 Å². The fraction of sp³-hybridized carbons (Fsp3) is 0.500. The molecule has 0 saturated carbocycles. The minimum atomic E-state index is -0.486. The average molecular weight is 292 g/mol. The van der Waals surface area contributed by atoms with Gasteiger partial charge in [-0.3, -0.25) is 14.9 Å². The zero-order valence-electron chi connectivity index (χ0n) is 13.3. The van der Waals surface area contributed by atoms with E-state index < -0.39 is 6.04 Å². The lowest BCUT2D eigenvalue weighted by atomic mass is 10.0. The van der Waals surface area contributed by atoms with Gasteiger partial charge >= 0.3 is 5.97 Å². The second kappa shape index (κ2) is 7.78. The van der Waals surface area contributed by atoms with Crippen LogP contribution >= 0.6 is 0 Å². The van der Waals surface area contributed by atoms with Gasteiger partial charge in [-0.25, -0.2) is 0 Å². The Bertz CT molecular complexity index is 512. The Morgan fingerprint density at radius 2 is 1.86 bits per heavy atom. The Kier molecular flexibility index (Phi) is 6.37. The second-order valence-electron chi connectivity index (χ2n) is 5.47. The number of amides is 1. The average Bonchev–Trinajstić information content (AvgIpc) is 2.42. The van der Waals surface area contributed by atoms with Crippen molar-refractivity contribution < 1.29 is 14.3 Å². The molecule has 0 radical (unpaired) electrons. The number of rotatable bonds is 6. The molecule has 0 bridgehead atoms. The lowest BCUT2D eigenvalue weighted by molar-refractivity contribution is -0.144. The highest BCUT2D eigenvalue weighted by atomic mass is 16.5. The summed E-state index contributed by atoms with van der Waals surface area (Å²) in [7, 11) is 1.34. The molecular weight excluding hydrogens is 268 g/mol. The number of anilines is 1. The molecule has 0 aliphatic carbocycles. The predicted molar refractivity (Wildman–Crippen MR) is 83.2 cm³/mol. The number of nitrogens with one attached hydrogen (secondary N) is 2. The lowest BCUT2D eigenvalue weighted by Crippen LogP contribution is -2.45. The lowest BCUT2D eigenvalue weighted by Gasteiger charge is -2.19. The largest absolute Gasteiger partial charge is 0.468 e. The Morgan fingerprint density at radius 1 is 1.19 bits per heavy atom. The Balaban J connectivity index is 2.56. The molecular formula is C16H24N2O3. The van der Waals surface area contributed by atoms with Crippen LogP contribution in [0.3, 0.4) is 0 Å². The van der Waals surface area contributed by atoms with Crippen molar-refractivity contribution in [2.45, 2.75) is 33.7 Å². The van der Waals surface area contributed by atoms with Crippen molar-refractivity contribution in [2.24, 2.45) is 5.92 Å². The summed E-state index contributed by atoms with van der Waals surface area (Å²) >= 11 is 0. The van der Waals surface area contributed by atoms with Crippen LogP contribution < -0.4 is 10.6 Å². The van der Waals surface area contributed by atoms with Crippen molar-refractivity contribution in [3.63, 3.8) is 0 Å². The highest BCUT2D eigenvalue weighted by molar-refractivity contribution is 5.92. The van der Waals surface area contributed by atoms with E-state index in [2.05, 4.69) is 10.6 Å². The summed E-state index contributed by atoms with van der Waals surface area (Å²) in [5.41, 5.74) is 3.05. The van der Waals surface area contributed by atoms with Crippen LogP contribution in [0, 0.1) is 19.8 Å². The summed E-state index contributed by atoms with van der Waals surface area (Å²) in [5, 5.41) is 5.74. The zero-order chi connectivity index (χ0) is 16.0. The van der Waals surface area contributed by atoms with E-state index in [1.165, 1.54) is 12.7 Å². The van der Waals surface area contributed by atoms with Crippen molar-refractivity contribution in [1.29, 1.82) is 0 Å². The van der Waals surface area contributed by atoms with Gasteiger partial charge in [0.2, 0.25) is 5.91 Å². The van der Waals surface area contributed by atoms with Gasteiger partial charge in [0.25, 0.3) is 0 Å². The van der Waals surface area contributed by atoms with Gasteiger partial charge in [-0.05, 0) is 43.0 Å². The number of hydrogen-bond donors (Lipinski definition) is 2. The maximum absolute atomic E-state index is 11.9. The van der Waals surface area contributed by atoms with Crippen molar-refractivity contribution in [2.75, 3.05) is 19.0 Å². The number of ether oxygens (including phenoxy) is 1. The van der Waals surface area contributed by atoms with Crippen molar-refractivity contribution in [3.05, 3.63) is 29.3 Å². The van der Waals surface area contributed by atoms with E-state index in [0.29, 0.717) is 0 Å². The Labute approximate surface area is 126 Å². The highest BCUT2D eigenvalue weighted by Crippen LogP contribution is 2.13. The van der Waals surface area contributed by atoms with Crippen molar-refractivity contribution in [3.8, 4) is 0 Å². The van der Waals surface area contributed by atoms with Gasteiger partial charge < -0.3 is 10.1 Å². The highest BCUT2D eigenvalue weighted by Gasteiger charge is 2.23. The first-order valence-corrected chi connectivity index (χ1v) is 7.03. The molecule has 0 aliphatic heterocycles. The van der Waals surface area contributed by atoms with Crippen LogP contribution in [0.25, 0.3) is 0 Å². The maximum Gasteiger partial charge on any atom is 0.323 e. The third-order valence-electron chi connectivity index (χ3n) is 3.39. The second-order valence-corrected chi connectivity index (χ2v) is 5.47. The molecule has 0 spiro atoms. The minimum absolute atomic E-state index is 0.0480. The van der Waals surface area contributed by atoms with Gasteiger partial charge in [0.15, 0.2) is 0 Å². The van der Waals surface area contributed by atoms with Crippen LogP contribution in [0.1, 0.15) is 25.0 Å². The number of hydrogen-bond acceptors (Lipinski definition) is 4. The van der Waals surface area contributed by atoms with Gasteiger partial charge in [-0.15, -0.1) is 0 Å². The van der Waals surface area contributed by atoms with E-state index >= 15 is 0 Å². The molecule has 0 fully saturated rings. The first-order chi connectivity index (χ1) is 9.85. The Hall–Kier alpha value is -1.88. The number of benzene rings is 1. The standard InChI is InChI=1S/C16H24N2O3/c1-10(2)15(16(20)21-5)17-9-14(19)18-13-7-6-11(3)12(4)8-13/h6-8,10,15,17H,9H2,1-5H3,(H,18,19). The van der Waals surface area contributed by atoms with E-state index in [1.54, 1.807) is 0 Å². The number of esters is 1. The number of carbonyl (C=O) groups excluding carboxylic acids is 2. The molecule has 1 aromatic rings. The Morgan fingerprint density at radius 3 is 2.38 bits per heavy atom. The summed E-state index contributed by atoms with van der Waals surface area (Å²) in [6.45, 7) is 7.87. The number of carbonyl (C=O) groups is 2. The molecule has 0 aromatic heterocycles. The van der Waals surface area contributed by atoms with E-state index in [-0.39, 0.29) is 24.3 Å². The molecule has 1 rings (SSSR count). The van der Waals surface area contributed by atoms with Crippen LogP contribution in [0.5, 0.6) is 0 Å². The van der Waals surface area contributed by atoms with Gasteiger partial charge in [0.1, 0.15) is 6.04 Å². The molecule has 1 atom stereocenters. The zero-order valence-corrected chi connectivity index (χ0v) is 13.3. The van der Waals surface area contributed by atoms with Crippen molar-refractivity contribution >= 4 is 17.6 Å². The molecule has 0 saturated heterocycles. The summed E-state index contributed by atoms with van der Waals surface area (Å²) < 4.78 is 4.72. The fourth-order valence-corrected chi connectivity index (χ4v) is 1.95. The molecule has 5 nitrogen and oxygen atoms in total. The molecule has 1 amide bonds. The maximum atomic E-state index is 11.9.